The molecule has 0 bridgehead atoms. The van der Waals surface area contributed by atoms with Crippen molar-refractivity contribution in [3.8, 4) is 11.1 Å². The molecule has 1 aliphatic carbocycles. The average Bonchev–Trinajstić information content (AvgIpc) is 3.17. The minimum Gasteiger partial charge on any atom is -0.390 e. The molecule has 0 heterocycles. The summed E-state index contributed by atoms with van der Waals surface area (Å²) in [5.74, 6) is 0.663. The number of aliphatic hydroxyl groups excluding tert-OH is 1. The Morgan fingerprint density at radius 1 is 1.09 bits per heavy atom. The minimum atomic E-state index is -0.674. The number of nitrogens with one attached hydrogen (secondary N) is 1. The number of aliphatic hydroxyl groups is 1. The fourth-order valence-electron chi connectivity index (χ4n) is 4.18. The summed E-state index contributed by atoms with van der Waals surface area (Å²) in [6.45, 7) is 3.33. The molecular weight excluding hydrogens is 426 g/mol. The molecule has 1 amide bonds. The number of nitrogens with zero attached hydrogens (tertiary/aromatic N) is 2. The van der Waals surface area contributed by atoms with Crippen LogP contribution in [0.15, 0.2) is 77.8 Å². The van der Waals surface area contributed by atoms with Gasteiger partial charge in [0.15, 0.2) is 0 Å². The Kier molecular flexibility index (Phi) is 7.40. The predicted molar refractivity (Wildman–Crippen MR) is 136 cm³/mol. The van der Waals surface area contributed by atoms with Crippen LogP contribution in [0.4, 0.5) is 5.69 Å². The molecular formula is C28H31N3O3. The van der Waals surface area contributed by atoms with Gasteiger partial charge in [0.05, 0.1) is 24.4 Å². The van der Waals surface area contributed by atoms with Crippen molar-refractivity contribution in [2.45, 2.75) is 25.5 Å². The minimum absolute atomic E-state index is 0.208. The van der Waals surface area contributed by atoms with Gasteiger partial charge in [0.25, 0.3) is 5.91 Å². The number of methoxy groups -OCH3 is 1. The number of rotatable bonds is 7. The quantitative estimate of drug-likeness (QED) is 0.408. The average molecular weight is 458 g/mol. The molecule has 2 atom stereocenters. The Balaban J connectivity index is 1.49. The molecule has 3 aromatic carbocycles. The second-order valence-corrected chi connectivity index (χ2v) is 8.62. The number of ether oxygens (including phenoxy) is 1. The first-order valence-electron chi connectivity index (χ1n) is 11.5. The zero-order valence-electron chi connectivity index (χ0n) is 19.9. The van der Waals surface area contributed by atoms with E-state index in [1.807, 2.05) is 91.7 Å². The van der Waals surface area contributed by atoms with E-state index in [1.54, 1.807) is 7.11 Å². The molecule has 0 unspecified atom stereocenters. The van der Waals surface area contributed by atoms with E-state index in [1.165, 1.54) is 0 Å². The normalized spacial score (nSPS) is 17.4. The topological polar surface area (TPSA) is 74.2 Å². The Hall–Kier alpha value is -3.48. The van der Waals surface area contributed by atoms with Gasteiger partial charge in [0.1, 0.15) is 5.84 Å². The highest BCUT2D eigenvalue weighted by atomic mass is 16.5. The maximum Gasteiger partial charge on any atom is 0.251 e. The van der Waals surface area contributed by atoms with E-state index < -0.39 is 12.1 Å². The van der Waals surface area contributed by atoms with Gasteiger partial charge in [0, 0.05) is 32.7 Å². The van der Waals surface area contributed by atoms with Gasteiger partial charge >= 0.3 is 0 Å². The van der Waals surface area contributed by atoms with Crippen LogP contribution < -0.4 is 5.32 Å². The van der Waals surface area contributed by atoms with E-state index in [4.69, 9.17) is 9.73 Å². The van der Waals surface area contributed by atoms with Crippen molar-refractivity contribution >= 4 is 17.4 Å². The second kappa shape index (κ2) is 10.6. The second-order valence-electron chi connectivity index (χ2n) is 8.62. The number of carbonyl (C=O) groups excluding carboxylic acids is 1. The molecule has 2 N–H and O–H groups in total. The van der Waals surface area contributed by atoms with Crippen LogP contribution in [-0.2, 0) is 11.2 Å². The van der Waals surface area contributed by atoms with Crippen molar-refractivity contribution in [1.82, 2.24) is 10.2 Å². The Labute approximate surface area is 200 Å². The highest BCUT2D eigenvalue weighted by molar-refractivity contribution is 5.95. The first kappa shape index (κ1) is 23.7. The smallest absolute Gasteiger partial charge is 0.251 e. The lowest BCUT2D eigenvalue weighted by molar-refractivity contribution is 0.0858. The summed E-state index contributed by atoms with van der Waals surface area (Å²) in [6.07, 6.45) is -0.170. The third-order valence-electron chi connectivity index (χ3n) is 6.29. The van der Waals surface area contributed by atoms with Crippen LogP contribution in [-0.4, -0.2) is 55.2 Å². The molecule has 6 nitrogen and oxygen atoms in total. The molecule has 0 saturated heterocycles. The number of hydrogen-bond acceptors (Lipinski definition) is 4. The molecule has 0 saturated carbocycles. The Morgan fingerprint density at radius 2 is 1.79 bits per heavy atom. The molecule has 0 aliphatic heterocycles. The van der Waals surface area contributed by atoms with Gasteiger partial charge in [-0.05, 0) is 53.4 Å². The van der Waals surface area contributed by atoms with E-state index >= 15 is 0 Å². The van der Waals surface area contributed by atoms with Crippen LogP contribution in [0, 0.1) is 0 Å². The fourth-order valence-corrected chi connectivity index (χ4v) is 4.18. The summed E-state index contributed by atoms with van der Waals surface area (Å²) >= 11 is 0. The van der Waals surface area contributed by atoms with E-state index in [-0.39, 0.29) is 5.91 Å². The molecule has 3 aromatic rings. The summed E-state index contributed by atoms with van der Waals surface area (Å²) in [7, 11) is 3.65. The molecule has 0 spiro atoms. The number of carbonyl (C=O) groups is 1. The lowest BCUT2D eigenvalue weighted by Gasteiger charge is -2.19. The van der Waals surface area contributed by atoms with Crippen LogP contribution in [0.1, 0.15) is 34.5 Å². The van der Waals surface area contributed by atoms with Crippen molar-refractivity contribution in [1.29, 1.82) is 0 Å². The van der Waals surface area contributed by atoms with Crippen molar-refractivity contribution in [2.24, 2.45) is 4.99 Å². The van der Waals surface area contributed by atoms with Gasteiger partial charge in [0.2, 0.25) is 0 Å². The summed E-state index contributed by atoms with van der Waals surface area (Å²) in [6, 6.07) is 23.0. The Morgan fingerprint density at radius 3 is 2.50 bits per heavy atom. The summed E-state index contributed by atoms with van der Waals surface area (Å²) in [4.78, 5) is 19.7. The molecule has 0 aromatic heterocycles. The number of benzene rings is 3. The van der Waals surface area contributed by atoms with Crippen LogP contribution in [0.2, 0.25) is 0 Å². The van der Waals surface area contributed by atoms with Gasteiger partial charge in [-0.15, -0.1) is 0 Å². The first-order valence-corrected chi connectivity index (χ1v) is 11.5. The van der Waals surface area contributed by atoms with E-state index in [2.05, 4.69) is 5.32 Å². The van der Waals surface area contributed by atoms with Gasteiger partial charge in [-0.1, -0.05) is 48.5 Å². The van der Waals surface area contributed by atoms with Crippen molar-refractivity contribution in [3.05, 3.63) is 89.5 Å². The van der Waals surface area contributed by atoms with Gasteiger partial charge in [-0.2, -0.15) is 0 Å². The largest absolute Gasteiger partial charge is 0.390 e. The maximum atomic E-state index is 13.0. The highest BCUT2D eigenvalue weighted by Crippen LogP contribution is 2.34. The zero-order valence-corrected chi connectivity index (χ0v) is 19.9. The van der Waals surface area contributed by atoms with Crippen LogP contribution in [0.3, 0.4) is 0 Å². The lowest BCUT2D eigenvalue weighted by atomic mass is 10.0. The lowest BCUT2D eigenvalue weighted by Crippen LogP contribution is -2.33. The summed E-state index contributed by atoms with van der Waals surface area (Å²) < 4.78 is 5.14. The van der Waals surface area contributed by atoms with E-state index in [0.717, 1.165) is 40.3 Å². The van der Waals surface area contributed by atoms with Crippen molar-refractivity contribution in [3.63, 3.8) is 0 Å². The van der Waals surface area contributed by atoms with E-state index in [9.17, 15) is 9.90 Å². The molecule has 34 heavy (non-hydrogen) atoms. The maximum absolute atomic E-state index is 13.0. The van der Waals surface area contributed by atoms with Crippen LogP contribution in [0.25, 0.3) is 11.1 Å². The number of hydrogen-bond donors (Lipinski definition) is 2. The standard InChI is InChI=1S/C28H31N3O3/c1-19(31(2)15-16-34-3)29-24-14-13-23-17-26(32)27(25(23)18-24)30-28(33)22-11-9-21(10-12-22)20-7-5-4-6-8-20/h4-14,18,26-27,32H,15-17H2,1-3H3,(H,30,33)/t26-,27-/m1/s1. The third kappa shape index (κ3) is 5.35. The van der Waals surface area contributed by atoms with Crippen LogP contribution in [0.5, 0.6) is 0 Å². The monoisotopic (exact) mass is 457 g/mol. The fraction of sp³-hybridized carbons (Fsp3) is 0.286. The Bertz CT molecular complexity index is 1160. The van der Waals surface area contributed by atoms with Crippen molar-refractivity contribution in [2.75, 3.05) is 27.3 Å². The number of amidine groups is 1. The van der Waals surface area contributed by atoms with Crippen LogP contribution >= 0.6 is 0 Å². The number of likely N-dealkylation sites (N-methyl/N-ethyl adjacent to an activating group) is 1. The van der Waals surface area contributed by atoms with Gasteiger partial charge in [-0.3, -0.25) is 4.79 Å². The van der Waals surface area contributed by atoms with Gasteiger partial charge in [-0.25, -0.2) is 4.99 Å². The molecule has 0 fully saturated rings. The number of fused-ring (bicyclic) bond motifs is 1. The van der Waals surface area contributed by atoms with E-state index in [0.29, 0.717) is 18.6 Å². The number of aliphatic imine (C=N–C) groups is 1. The molecule has 176 valence electrons. The number of amides is 1. The summed E-state index contributed by atoms with van der Waals surface area (Å²) in [5.41, 5.74) is 5.45. The zero-order chi connectivity index (χ0) is 24.1. The van der Waals surface area contributed by atoms with Crippen molar-refractivity contribution < 1.29 is 14.6 Å². The third-order valence-corrected chi connectivity index (χ3v) is 6.29. The first-order chi connectivity index (χ1) is 16.5. The molecule has 4 rings (SSSR count). The molecule has 0 radical (unpaired) electrons. The highest BCUT2D eigenvalue weighted by Gasteiger charge is 2.32. The van der Waals surface area contributed by atoms with Gasteiger partial charge < -0.3 is 20.1 Å². The summed E-state index contributed by atoms with van der Waals surface area (Å²) in [5, 5.41) is 13.7. The molecule has 6 heteroatoms. The predicted octanol–water partition coefficient (Wildman–Crippen LogP) is 4.37. The SMILES string of the molecule is COCCN(C)C(C)=Nc1ccc2c(c1)[C@@H](NC(=O)c1ccc(-c3ccccc3)cc1)[C@H](O)C2. The molecule has 1 aliphatic rings.